The maximum Gasteiger partial charge on any atom is 0.971 e. The molecule has 226 valence electrons. The van der Waals surface area contributed by atoms with Gasteiger partial charge in [0.25, 0.3) is 11.0 Å². The Balaban J connectivity index is 1.05. The maximum atomic E-state index is 8.10. The zero-order valence-electron chi connectivity index (χ0n) is 26.4. The van der Waals surface area contributed by atoms with Crippen LogP contribution in [0, 0.1) is 13.1 Å². The molecule has 50 heavy (non-hydrogen) atoms. The molecule has 9 aromatic rings. The van der Waals surface area contributed by atoms with Crippen molar-refractivity contribution >= 4 is 69.2 Å². The van der Waals surface area contributed by atoms with Crippen molar-refractivity contribution in [2.45, 2.75) is 0 Å². The fourth-order valence-corrected chi connectivity index (χ4v) is 8.25. The highest BCUT2D eigenvalue weighted by Gasteiger charge is 2.50. The molecule has 10 heteroatoms. The third-order valence-electron chi connectivity index (χ3n) is 10.4. The Labute approximate surface area is 286 Å². The summed E-state index contributed by atoms with van der Waals surface area (Å²) < 4.78 is 16.1. The molecule has 0 amide bonds. The number of hydrogen-bond donors (Lipinski definition) is 0. The summed E-state index contributed by atoms with van der Waals surface area (Å²) in [6.45, 7) is 16.2. The van der Waals surface area contributed by atoms with Crippen molar-refractivity contribution in [2.24, 2.45) is 9.98 Å². The van der Waals surface area contributed by atoms with Gasteiger partial charge >= 0.3 is 25.9 Å². The third-order valence-corrected chi connectivity index (χ3v) is 10.4. The van der Waals surface area contributed by atoms with Gasteiger partial charge in [-0.15, -0.1) is 0 Å². The first-order chi connectivity index (χ1) is 24.7. The molecule has 11 rings (SSSR count). The van der Waals surface area contributed by atoms with E-state index < -0.39 is 14.2 Å². The van der Waals surface area contributed by atoms with E-state index in [0.717, 1.165) is 88.2 Å². The molecule has 0 saturated heterocycles. The second kappa shape index (κ2) is 9.76. The molecular formula is C40H22B2N8+2. The second-order valence-electron chi connectivity index (χ2n) is 12.8. The van der Waals surface area contributed by atoms with Gasteiger partial charge in [-0.3, -0.25) is 13.1 Å². The lowest BCUT2D eigenvalue weighted by molar-refractivity contribution is -0.526. The topological polar surface area (TPSA) is 51.1 Å². The summed E-state index contributed by atoms with van der Waals surface area (Å²) in [6.07, 6.45) is 3.86. The smallest absolute Gasteiger partial charge is 0.350 e. The molecule has 6 heterocycles. The van der Waals surface area contributed by atoms with Crippen molar-refractivity contribution in [3.63, 3.8) is 0 Å². The normalized spacial score (nSPS) is 13.0. The Kier molecular flexibility index (Phi) is 5.26. The van der Waals surface area contributed by atoms with E-state index in [-0.39, 0.29) is 0 Å². The SMILES string of the molecule is [C-]#[N+]B1n2c(c3cccc4c(-c5ccc(-c6ccc7c8c6cccc8c6n7B([N+]#[C-])[n+]7ccccc7N=6)cc5)ccc2c43)=Nc2cccc[n+]21. The Hall–Kier alpha value is -7.03. The summed E-state index contributed by atoms with van der Waals surface area (Å²) >= 11 is 0. The minimum absolute atomic E-state index is 0.536. The number of rotatable bonds is 2. The van der Waals surface area contributed by atoms with Crippen LogP contribution in [0.4, 0.5) is 11.6 Å². The molecule has 0 atom stereocenters. The van der Waals surface area contributed by atoms with Crippen molar-refractivity contribution in [3.8, 4) is 22.3 Å². The number of benzene rings is 5. The highest BCUT2D eigenvalue weighted by molar-refractivity contribution is 6.54. The molecule has 2 aliphatic heterocycles. The first-order valence-electron chi connectivity index (χ1n) is 16.5. The minimum Gasteiger partial charge on any atom is -0.350 e. The fraction of sp³-hybridized carbons (Fsp3) is 0. The van der Waals surface area contributed by atoms with Gasteiger partial charge in [0.1, 0.15) is 0 Å². The lowest BCUT2D eigenvalue weighted by Crippen LogP contribution is -2.59. The highest BCUT2D eigenvalue weighted by atomic mass is 15.2. The van der Waals surface area contributed by atoms with Gasteiger partial charge in [0.2, 0.25) is 0 Å². The largest absolute Gasteiger partial charge is 0.971 e. The molecule has 0 fully saturated rings. The van der Waals surface area contributed by atoms with Gasteiger partial charge in [-0.05, 0) is 79.4 Å². The van der Waals surface area contributed by atoms with Gasteiger partial charge in [0.05, 0.1) is 34.2 Å². The maximum absolute atomic E-state index is 8.10. The molecule has 0 bridgehead atoms. The standard InChI is InChI=1S/C40H22B2N8/c1-43-41-47-23-5-3-13-35(47)45-39-31-11-7-9-29-27(19-21-33(37(29)31)49(39)41)25-15-17-26(18-16-25)28-20-22-34-38-30(28)10-8-12-32(38)40-46-36-14-4-6-24-48(36)42(44-2)50(34)40/h3-24H/q+2. The molecule has 0 N–H and O–H groups in total. The van der Waals surface area contributed by atoms with Crippen LogP contribution < -0.4 is 19.9 Å². The van der Waals surface area contributed by atoms with E-state index >= 15 is 0 Å². The van der Waals surface area contributed by atoms with Crippen molar-refractivity contribution in [3.05, 3.63) is 167 Å². The molecule has 8 nitrogen and oxygen atoms in total. The van der Waals surface area contributed by atoms with Crippen LogP contribution in [0.1, 0.15) is 0 Å². The van der Waals surface area contributed by atoms with Crippen LogP contribution in [-0.4, -0.2) is 23.2 Å². The monoisotopic (exact) mass is 636 g/mol. The van der Waals surface area contributed by atoms with Crippen LogP contribution in [0.15, 0.2) is 144 Å². The van der Waals surface area contributed by atoms with Crippen molar-refractivity contribution in [2.75, 3.05) is 0 Å². The van der Waals surface area contributed by atoms with Gasteiger partial charge in [-0.25, -0.2) is 8.96 Å². The number of pyridine rings is 2. The first kappa shape index (κ1) is 27.0. The van der Waals surface area contributed by atoms with Gasteiger partial charge < -0.3 is 9.51 Å². The summed E-state index contributed by atoms with van der Waals surface area (Å²) in [4.78, 5) is 10.0. The van der Waals surface area contributed by atoms with Crippen LogP contribution in [0.25, 0.3) is 75.1 Å². The lowest BCUT2D eigenvalue weighted by Gasteiger charge is -2.11. The summed E-state index contributed by atoms with van der Waals surface area (Å²) in [5.41, 5.74) is 8.18. The third kappa shape index (κ3) is 3.39. The van der Waals surface area contributed by atoms with E-state index in [0.29, 0.717) is 0 Å². The van der Waals surface area contributed by atoms with Crippen LogP contribution >= 0.6 is 0 Å². The lowest BCUT2D eigenvalue weighted by atomic mass is 9.91. The quantitative estimate of drug-likeness (QED) is 0.156. The Morgan fingerprint density at radius 2 is 0.920 bits per heavy atom. The van der Waals surface area contributed by atoms with Gasteiger partial charge in [0.15, 0.2) is 0 Å². The number of nitrogens with zero attached hydrogens (tertiary/aromatic N) is 8. The van der Waals surface area contributed by atoms with Gasteiger partial charge in [0, 0.05) is 22.9 Å². The van der Waals surface area contributed by atoms with Crippen LogP contribution in [0.5, 0.6) is 0 Å². The zero-order valence-corrected chi connectivity index (χ0v) is 26.4. The van der Waals surface area contributed by atoms with E-state index in [9.17, 15) is 0 Å². The number of hydrogen-bond acceptors (Lipinski definition) is 2. The molecule has 4 aromatic heterocycles. The van der Waals surface area contributed by atoms with E-state index in [2.05, 4.69) is 103 Å². The molecule has 2 aliphatic rings. The summed E-state index contributed by atoms with van der Waals surface area (Å²) in [6, 6.07) is 41.9. The first-order valence-corrected chi connectivity index (χ1v) is 16.5. The van der Waals surface area contributed by atoms with E-state index in [1.807, 2.05) is 57.7 Å². The molecule has 0 unspecified atom stereocenters. The van der Waals surface area contributed by atoms with Crippen LogP contribution in [0.2, 0.25) is 0 Å². The van der Waals surface area contributed by atoms with Crippen molar-refractivity contribution < 1.29 is 8.96 Å². The highest BCUT2D eigenvalue weighted by Crippen LogP contribution is 2.38. The predicted molar refractivity (Wildman–Crippen MR) is 196 cm³/mol. The zero-order chi connectivity index (χ0) is 33.1. The van der Waals surface area contributed by atoms with Crippen LogP contribution in [-0.2, 0) is 0 Å². The Morgan fingerprint density at radius 3 is 1.36 bits per heavy atom. The molecule has 0 saturated carbocycles. The molecule has 0 spiro atoms. The summed E-state index contributed by atoms with van der Waals surface area (Å²) in [5.74, 6) is 1.56. The Morgan fingerprint density at radius 1 is 0.480 bits per heavy atom. The Bertz CT molecular complexity index is 2930. The average Bonchev–Trinajstić information content (AvgIpc) is 3.67. The number of fused-ring (bicyclic) bond motifs is 8. The van der Waals surface area contributed by atoms with Gasteiger partial charge in [-0.2, -0.15) is 8.96 Å². The number of aromatic nitrogens is 4. The van der Waals surface area contributed by atoms with Gasteiger partial charge in [-0.1, -0.05) is 72.8 Å². The second-order valence-corrected chi connectivity index (χ2v) is 12.8. The summed E-state index contributed by atoms with van der Waals surface area (Å²) in [5, 5.41) is 6.63. The average molecular weight is 636 g/mol. The molecular weight excluding hydrogens is 614 g/mol. The van der Waals surface area contributed by atoms with E-state index in [4.69, 9.17) is 23.1 Å². The molecule has 0 radical (unpaired) electrons. The fourth-order valence-electron chi connectivity index (χ4n) is 8.25. The van der Waals surface area contributed by atoms with Crippen molar-refractivity contribution in [1.82, 2.24) is 8.96 Å². The minimum atomic E-state index is -0.536. The predicted octanol–water partition coefficient (Wildman–Crippen LogP) is 6.38. The molecule has 5 aromatic carbocycles. The van der Waals surface area contributed by atoms with E-state index in [1.165, 1.54) is 0 Å². The molecule has 0 aliphatic carbocycles. The van der Waals surface area contributed by atoms with E-state index in [1.54, 1.807) is 0 Å². The summed E-state index contributed by atoms with van der Waals surface area (Å²) in [7, 11) is -1.07. The van der Waals surface area contributed by atoms with Crippen molar-refractivity contribution in [1.29, 1.82) is 0 Å². The van der Waals surface area contributed by atoms with Crippen LogP contribution in [0.3, 0.4) is 0 Å².